The van der Waals surface area contributed by atoms with Gasteiger partial charge in [-0.3, -0.25) is 0 Å². The van der Waals surface area contributed by atoms with Crippen LogP contribution in [0.5, 0.6) is 0 Å². The minimum atomic E-state index is 0.825. The molecule has 1 nitrogen and oxygen atoms in total. The average molecular weight is 282 g/mol. The second-order valence-corrected chi connectivity index (χ2v) is 6.28. The van der Waals surface area contributed by atoms with Gasteiger partial charge in [0.15, 0.2) is 0 Å². The minimum absolute atomic E-state index is 0.825. The smallest absolute Gasteiger partial charge is 0.0408 e. The van der Waals surface area contributed by atoms with Crippen molar-refractivity contribution in [2.75, 3.05) is 6.54 Å². The van der Waals surface area contributed by atoms with Crippen LogP contribution in [0, 0.1) is 12.8 Å². The first-order valence-electron chi connectivity index (χ1n) is 7.55. The molecule has 19 heavy (non-hydrogen) atoms. The highest BCUT2D eigenvalue weighted by molar-refractivity contribution is 6.30. The third kappa shape index (κ3) is 7.59. The van der Waals surface area contributed by atoms with E-state index < -0.39 is 0 Å². The molecule has 0 heterocycles. The van der Waals surface area contributed by atoms with Gasteiger partial charge in [-0.25, -0.2) is 0 Å². The van der Waals surface area contributed by atoms with E-state index in [1.165, 1.54) is 43.2 Å². The highest BCUT2D eigenvalue weighted by Crippen LogP contribution is 2.15. The van der Waals surface area contributed by atoms with Crippen LogP contribution in [0.3, 0.4) is 0 Å². The van der Waals surface area contributed by atoms with Crippen LogP contribution < -0.4 is 5.32 Å². The first-order chi connectivity index (χ1) is 9.09. The van der Waals surface area contributed by atoms with E-state index in [1.54, 1.807) is 0 Å². The molecule has 0 saturated carbocycles. The van der Waals surface area contributed by atoms with Gasteiger partial charge in [-0.1, -0.05) is 57.2 Å². The van der Waals surface area contributed by atoms with Crippen molar-refractivity contribution in [1.29, 1.82) is 0 Å². The van der Waals surface area contributed by atoms with Crippen molar-refractivity contribution in [2.45, 2.75) is 59.4 Å². The summed E-state index contributed by atoms with van der Waals surface area (Å²) in [5, 5.41) is 4.34. The van der Waals surface area contributed by atoms with Crippen LogP contribution >= 0.6 is 11.6 Å². The van der Waals surface area contributed by atoms with Crippen LogP contribution in [0.4, 0.5) is 0 Å². The summed E-state index contributed by atoms with van der Waals surface area (Å²) in [6.07, 6.45) is 6.76. The SMILES string of the molecule is Cc1cc(Cl)ccc1CNCCCCCCC(C)C. The van der Waals surface area contributed by atoms with Gasteiger partial charge in [0.05, 0.1) is 0 Å². The van der Waals surface area contributed by atoms with Crippen molar-refractivity contribution in [3.8, 4) is 0 Å². The Kier molecular flexibility index (Phi) is 8.16. The standard InChI is InChI=1S/C17H28ClN/c1-14(2)8-6-4-5-7-11-19-13-16-9-10-17(18)12-15(16)3/h9-10,12,14,19H,4-8,11,13H2,1-3H3. The molecule has 0 fully saturated rings. The summed E-state index contributed by atoms with van der Waals surface area (Å²) in [6, 6.07) is 6.12. The predicted molar refractivity (Wildman–Crippen MR) is 85.8 cm³/mol. The predicted octanol–water partition coefficient (Wildman–Crippen LogP) is 5.34. The van der Waals surface area contributed by atoms with Gasteiger partial charge in [-0.15, -0.1) is 0 Å². The van der Waals surface area contributed by atoms with E-state index >= 15 is 0 Å². The van der Waals surface area contributed by atoms with Gasteiger partial charge in [-0.05, 0) is 49.1 Å². The number of unbranched alkanes of at least 4 members (excludes halogenated alkanes) is 3. The van der Waals surface area contributed by atoms with Gasteiger partial charge in [0.2, 0.25) is 0 Å². The van der Waals surface area contributed by atoms with E-state index in [9.17, 15) is 0 Å². The zero-order valence-corrected chi connectivity index (χ0v) is 13.4. The van der Waals surface area contributed by atoms with Crippen LogP contribution in [-0.2, 0) is 6.54 Å². The molecule has 0 saturated heterocycles. The second-order valence-electron chi connectivity index (χ2n) is 5.84. The van der Waals surface area contributed by atoms with Crippen LogP contribution in [0.25, 0.3) is 0 Å². The third-order valence-electron chi connectivity index (χ3n) is 3.51. The lowest BCUT2D eigenvalue weighted by molar-refractivity contribution is 0.512. The summed E-state index contributed by atoms with van der Waals surface area (Å²) in [5.41, 5.74) is 2.63. The lowest BCUT2D eigenvalue weighted by Gasteiger charge is -2.08. The number of aryl methyl sites for hydroxylation is 1. The van der Waals surface area contributed by atoms with Crippen LogP contribution in [0.1, 0.15) is 57.1 Å². The molecule has 0 aliphatic rings. The second kappa shape index (κ2) is 9.39. The van der Waals surface area contributed by atoms with Crippen molar-refractivity contribution < 1.29 is 0 Å². The highest BCUT2D eigenvalue weighted by Gasteiger charge is 1.99. The summed E-state index contributed by atoms with van der Waals surface area (Å²) < 4.78 is 0. The van der Waals surface area contributed by atoms with E-state index in [0.29, 0.717) is 0 Å². The molecular formula is C17H28ClN. The Hall–Kier alpha value is -0.530. The Labute approximate surface area is 123 Å². The molecule has 0 atom stereocenters. The monoisotopic (exact) mass is 281 g/mol. The molecule has 2 heteroatoms. The van der Waals surface area contributed by atoms with Crippen LogP contribution in [0.15, 0.2) is 18.2 Å². The van der Waals surface area contributed by atoms with E-state index in [4.69, 9.17) is 11.6 Å². The van der Waals surface area contributed by atoms with Gasteiger partial charge >= 0.3 is 0 Å². The number of halogens is 1. The summed E-state index contributed by atoms with van der Waals surface area (Å²) in [4.78, 5) is 0. The quantitative estimate of drug-likeness (QED) is 0.602. The lowest BCUT2D eigenvalue weighted by Crippen LogP contribution is -2.15. The van der Waals surface area contributed by atoms with Gasteiger partial charge in [0.1, 0.15) is 0 Å². The molecule has 1 aromatic carbocycles. The Balaban J connectivity index is 2.04. The summed E-state index contributed by atoms with van der Waals surface area (Å²) >= 11 is 5.95. The zero-order chi connectivity index (χ0) is 14.1. The van der Waals surface area contributed by atoms with Crippen molar-refractivity contribution >= 4 is 11.6 Å². The van der Waals surface area contributed by atoms with Crippen molar-refractivity contribution in [3.05, 3.63) is 34.3 Å². The highest BCUT2D eigenvalue weighted by atomic mass is 35.5. The fourth-order valence-electron chi connectivity index (χ4n) is 2.24. The largest absolute Gasteiger partial charge is 0.313 e. The van der Waals surface area contributed by atoms with Crippen molar-refractivity contribution in [2.24, 2.45) is 5.92 Å². The molecule has 0 amide bonds. The fourth-order valence-corrected chi connectivity index (χ4v) is 2.46. The van der Waals surface area contributed by atoms with Gasteiger partial charge in [0.25, 0.3) is 0 Å². The first kappa shape index (κ1) is 16.5. The molecule has 1 N–H and O–H groups in total. The maximum absolute atomic E-state index is 5.95. The van der Waals surface area contributed by atoms with E-state index in [-0.39, 0.29) is 0 Å². The Bertz CT molecular complexity index is 360. The maximum Gasteiger partial charge on any atom is 0.0408 e. The van der Waals surface area contributed by atoms with E-state index in [1.807, 2.05) is 12.1 Å². The molecule has 0 spiro atoms. The van der Waals surface area contributed by atoms with E-state index in [2.05, 4.69) is 32.2 Å². The fraction of sp³-hybridized carbons (Fsp3) is 0.647. The molecule has 0 radical (unpaired) electrons. The average Bonchev–Trinajstić information content (AvgIpc) is 2.34. The van der Waals surface area contributed by atoms with Gasteiger partial charge < -0.3 is 5.32 Å². The topological polar surface area (TPSA) is 12.0 Å². The van der Waals surface area contributed by atoms with E-state index in [0.717, 1.165) is 24.0 Å². The van der Waals surface area contributed by atoms with Crippen LogP contribution in [-0.4, -0.2) is 6.54 Å². The molecule has 0 aromatic heterocycles. The molecule has 0 aliphatic carbocycles. The van der Waals surface area contributed by atoms with Gasteiger partial charge in [-0.2, -0.15) is 0 Å². The first-order valence-corrected chi connectivity index (χ1v) is 7.93. The zero-order valence-electron chi connectivity index (χ0n) is 12.6. The number of benzene rings is 1. The Morgan fingerprint density at radius 2 is 1.84 bits per heavy atom. The number of hydrogen-bond acceptors (Lipinski definition) is 1. The lowest BCUT2D eigenvalue weighted by atomic mass is 10.0. The Morgan fingerprint density at radius 3 is 2.53 bits per heavy atom. The minimum Gasteiger partial charge on any atom is -0.313 e. The van der Waals surface area contributed by atoms with Crippen molar-refractivity contribution in [3.63, 3.8) is 0 Å². The van der Waals surface area contributed by atoms with Crippen LogP contribution in [0.2, 0.25) is 5.02 Å². The summed E-state index contributed by atoms with van der Waals surface area (Å²) in [7, 11) is 0. The molecular weight excluding hydrogens is 254 g/mol. The number of hydrogen-bond donors (Lipinski definition) is 1. The summed E-state index contributed by atoms with van der Waals surface area (Å²) in [5.74, 6) is 0.853. The third-order valence-corrected chi connectivity index (χ3v) is 3.74. The molecule has 1 rings (SSSR count). The Morgan fingerprint density at radius 1 is 1.11 bits per heavy atom. The molecule has 1 aromatic rings. The van der Waals surface area contributed by atoms with Gasteiger partial charge in [0, 0.05) is 11.6 Å². The normalized spacial score (nSPS) is 11.2. The molecule has 0 unspecified atom stereocenters. The van der Waals surface area contributed by atoms with Crippen molar-refractivity contribution in [1.82, 2.24) is 5.32 Å². The number of rotatable bonds is 9. The molecule has 0 aliphatic heterocycles. The molecule has 108 valence electrons. The number of nitrogens with one attached hydrogen (secondary N) is 1. The molecule has 0 bridgehead atoms. The maximum atomic E-state index is 5.95. The summed E-state index contributed by atoms with van der Waals surface area (Å²) in [6.45, 7) is 8.79.